The minimum absolute atomic E-state index is 0.164. The Hall–Kier alpha value is -5.05. The number of nitrogens with one attached hydrogen (secondary N) is 1. The number of carbonyl (C=O) groups is 2. The first-order valence-corrected chi connectivity index (χ1v) is 13.9. The minimum atomic E-state index is -0.883. The average molecular weight is 584 g/mol. The summed E-state index contributed by atoms with van der Waals surface area (Å²) in [5.41, 5.74) is 4.00. The van der Waals surface area contributed by atoms with Gasteiger partial charge in [-0.2, -0.15) is 0 Å². The number of amides is 1. The lowest BCUT2D eigenvalue weighted by Crippen LogP contribution is -2.57. The van der Waals surface area contributed by atoms with E-state index in [2.05, 4.69) is 5.32 Å². The lowest BCUT2D eigenvalue weighted by Gasteiger charge is -2.41. The SMILES string of the molecule is C\C=C/C(F)=C\C(=C\C)N1Cc2c(-c3ccc(OC(=O)c4ccc(OC)cc4)cc3OC)ccc3c2N1C(=O)C(C)(C)N3. The molecule has 1 N–H and O–H groups in total. The number of esters is 1. The van der Waals surface area contributed by atoms with Gasteiger partial charge in [0, 0.05) is 17.2 Å². The molecule has 0 spiro atoms. The fourth-order valence-electron chi connectivity index (χ4n) is 5.31. The molecular weight excluding hydrogens is 549 g/mol. The van der Waals surface area contributed by atoms with Gasteiger partial charge in [-0.15, -0.1) is 0 Å². The topological polar surface area (TPSA) is 80.3 Å². The molecule has 0 radical (unpaired) electrons. The van der Waals surface area contributed by atoms with E-state index in [-0.39, 0.29) is 5.91 Å². The second-order valence-corrected chi connectivity index (χ2v) is 10.6. The maximum atomic E-state index is 14.6. The predicted octanol–water partition coefficient (Wildman–Crippen LogP) is 7.19. The molecular formula is C34H34FN3O5. The van der Waals surface area contributed by atoms with Crippen molar-refractivity contribution in [1.82, 2.24) is 5.01 Å². The fourth-order valence-corrected chi connectivity index (χ4v) is 5.31. The van der Waals surface area contributed by atoms with Gasteiger partial charge in [0.25, 0.3) is 5.91 Å². The molecule has 8 nitrogen and oxygen atoms in total. The van der Waals surface area contributed by atoms with Crippen molar-refractivity contribution < 1.29 is 28.2 Å². The third kappa shape index (κ3) is 5.46. The van der Waals surface area contributed by atoms with E-state index in [0.29, 0.717) is 40.7 Å². The van der Waals surface area contributed by atoms with Crippen LogP contribution in [0.1, 0.15) is 43.6 Å². The molecule has 9 heteroatoms. The number of benzene rings is 3. The molecule has 0 aliphatic carbocycles. The largest absolute Gasteiger partial charge is 0.497 e. The van der Waals surface area contributed by atoms with Gasteiger partial charge in [0.05, 0.1) is 43.4 Å². The number of hydrogen-bond donors (Lipinski definition) is 1. The number of ether oxygens (including phenoxy) is 3. The van der Waals surface area contributed by atoms with Crippen molar-refractivity contribution >= 4 is 23.3 Å². The third-order valence-corrected chi connectivity index (χ3v) is 7.42. The normalized spacial score (nSPS) is 15.8. The summed E-state index contributed by atoms with van der Waals surface area (Å²) in [5, 5.41) is 6.79. The van der Waals surface area contributed by atoms with Crippen LogP contribution >= 0.6 is 0 Å². The van der Waals surface area contributed by atoms with Crippen molar-refractivity contribution in [2.45, 2.75) is 39.8 Å². The Labute approximate surface area is 250 Å². The van der Waals surface area contributed by atoms with Crippen LogP contribution < -0.4 is 24.5 Å². The zero-order valence-corrected chi connectivity index (χ0v) is 25.0. The van der Waals surface area contributed by atoms with Gasteiger partial charge in [-0.1, -0.05) is 18.2 Å². The molecule has 0 unspecified atom stereocenters. The van der Waals surface area contributed by atoms with E-state index in [1.807, 2.05) is 39.0 Å². The van der Waals surface area contributed by atoms with Crippen LogP contribution in [0, 0.1) is 0 Å². The van der Waals surface area contributed by atoms with E-state index in [1.165, 1.54) is 12.2 Å². The molecule has 0 saturated heterocycles. The van der Waals surface area contributed by atoms with Gasteiger partial charge < -0.3 is 19.5 Å². The van der Waals surface area contributed by atoms with Crippen molar-refractivity contribution in [3.63, 3.8) is 0 Å². The number of hydrazine groups is 1. The summed E-state index contributed by atoms with van der Waals surface area (Å²) in [6.07, 6.45) is 6.20. The summed E-state index contributed by atoms with van der Waals surface area (Å²) in [5.74, 6) is 0.345. The molecule has 5 rings (SSSR count). The van der Waals surface area contributed by atoms with Gasteiger partial charge in [-0.25, -0.2) is 14.2 Å². The molecule has 2 heterocycles. The Kier molecular flexibility index (Phi) is 8.00. The van der Waals surface area contributed by atoms with Crippen LogP contribution in [-0.2, 0) is 11.3 Å². The Balaban J connectivity index is 1.54. The van der Waals surface area contributed by atoms with Crippen LogP contribution in [0.15, 0.2) is 90.4 Å². The molecule has 0 atom stereocenters. The van der Waals surface area contributed by atoms with Crippen molar-refractivity contribution in [2.75, 3.05) is 24.5 Å². The van der Waals surface area contributed by atoms with E-state index in [1.54, 1.807) is 79.7 Å². The summed E-state index contributed by atoms with van der Waals surface area (Å²) in [6.45, 7) is 7.52. The Morgan fingerprint density at radius 2 is 1.67 bits per heavy atom. The first kappa shape index (κ1) is 29.4. The number of halogens is 1. The first-order chi connectivity index (χ1) is 20.6. The van der Waals surface area contributed by atoms with Crippen molar-refractivity contribution in [2.24, 2.45) is 0 Å². The Bertz CT molecular complexity index is 1670. The predicted molar refractivity (Wildman–Crippen MR) is 165 cm³/mol. The number of anilines is 2. The van der Waals surface area contributed by atoms with Crippen molar-refractivity contribution in [1.29, 1.82) is 0 Å². The highest BCUT2D eigenvalue weighted by molar-refractivity contribution is 6.10. The second-order valence-electron chi connectivity index (χ2n) is 10.6. The summed E-state index contributed by atoms with van der Waals surface area (Å²) in [6, 6.07) is 15.7. The van der Waals surface area contributed by atoms with E-state index < -0.39 is 17.3 Å². The fraction of sp³-hybridized carbons (Fsp3) is 0.235. The molecule has 0 saturated carbocycles. The summed E-state index contributed by atoms with van der Waals surface area (Å²) in [7, 11) is 3.10. The lowest BCUT2D eigenvalue weighted by atomic mass is 9.93. The average Bonchev–Trinajstić information content (AvgIpc) is 3.40. The summed E-state index contributed by atoms with van der Waals surface area (Å²) < 4.78 is 31.2. The molecule has 2 aliphatic rings. The first-order valence-electron chi connectivity index (χ1n) is 13.9. The lowest BCUT2D eigenvalue weighted by molar-refractivity contribution is -0.124. The summed E-state index contributed by atoms with van der Waals surface area (Å²) >= 11 is 0. The third-order valence-electron chi connectivity index (χ3n) is 7.42. The number of methoxy groups -OCH3 is 2. The molecule has 3 aromatic carbocycles. The van der Waals surface area contributed by atoms with E-state index >= 15 is 0 Å². The molecule has 2 aliphatic heterocycles. The number of carbonyl (C=O) groups excluding carboxylic acids is 2. The molecule has 0 bridgehead atoms. The van der Waals surface area contributed by atoms with Crippen molar-refractivity contribution in [3.05, 3.63) is 102 Å². The van der Waals surface area contributed by atoms with Gasteiger partial charge in [0.15, 0.2) is 0 Å². The molecule has 222 valence electrons. The Morgan fingerprint density at radius 1 is 0.977 bits per heavy atom. The number of nitrogens with zero attached hydrogens (tertiary/aromatic N) is 2. The van der Waals surface area contributed by atoms with E-state index in [0.717, 1.165) is 22.4 Å². The van der Waals surface area contributed by atoms with Crippen LogP contribution in [-0.4, -0.2) is 36.6 Å². The highest BCUT2D eigenvalue weighted by atomic mass is 19.1. The zero-order chi connectivity index (χ0) is 30.9. The number of allylic oxidation sites excluding steroid dienone is 5. The van der Waals surface area contributed by atoms with Gasteiger partial charge in [0.2, 0.25) is 0 Å². The van der Waals surface area contributed by atoms with Gasteiger partial charge in [-0.3, -0.25) is 9.80 Å². The van der Waals surface area contributed by atoms with Gasteiger partial charge in [0.1, 0.15) is 28.6 Å². The summed E-state index contributed by atoms with van der Waals surface area (Å²) in [4.78, 5) is 26.5. The van der Waals surface area contributed by atoms with Crippen LogP contribution in [0.25, 0.3) is 11.1 Å². The second kappa shape index (κ2) is 11.7. The monoisotopic (exact) mass is 583 g/mol. The molecule has 43 heavy (non-hydrogen) atoms. The zero-order valence-electron chi connectivity index (χ0n) is 25.0. The highest BCUT2D eigenvalue weighted by Gasteiger charge is 2.47. The maximum Gasteiger partial charge on any atom is 0.343 e. The quantitative estimate of drug-likeness (QED) is 0.171. The van der Waals surface area contributed by atoms with Gasteiger partial charge in [-0.05, 0) is 87.9 Å². The molecule has 1 amide bonds. The number of rotatable bonds is 8. The maximum absolute atomic E-state index is 14.6. The standard InChI is InChI=1S/C34H34FN3O5/c1-7-9-22(35)18-23(8-2)37-20-28-26(16-17-29-31(28)38(37)33(40)34(3,4)36-29)27-15-14-25(19-30(27)42-6)43-32(39)21-10-12-24(41-5)13-11-21/h7-19,36H,20H2,1-6H3/b9-7-,22-18+,23-8-. The van der Waals surface area contributed by atoms with E-state index in [9.17, 15) is 14.0 Å². The molecule has 0 fully saturated rings. The molecule has 3 aromatic rings. The smallest absolute Gasteiger partial charge is 0.343 e. The van der Waals surface area contributed by atoms with Gasteiger partial charge >= 0.3 is 5.97 Å². The van der Waals surface area contributed by atoms with Crippen LogP contribution in [0.2, 0.25) is 0 Å². The number of hydrogen-bond acceptors (Lipinski definition) is 7. The Morgan fingerprint density at radius 3 is 2.33 bits per heavy atom. The van der Waals surface area contributed by atoms with Crippen LogP contribution in [0.3, 0.4) is 0 Å². The van der Waals surface area contributed by atoms with E-state index in [4.69, 9.17) is 14.2 Å². The molecule has 0 aromatic heterocycles. The van der Waals surface area contributed by atoms with Crippen LogP contribution in [0.4, 0.5) is 15.8 Å². The highest BCUT2D eigenvalue weighted by Crippen LogP contribution is 2.50. The van der Waals surface area contributed by atoms with Crippen molar-refractivity contribution in [3.8, 4) is 28.4 Å². The van der Waals surface area contributed by atoms with Crippen LogP contribution in [0.5, 0.6) is 17.2 Å². The minimum Gasteiger partial charge on any atom is -0.497 e.